The smallest absolute Gasteiger partial charge is 0.261 e. The molecule has 5 rings (SSSR count). The Morgan fingerprint density at radius 2 is 1.71 bits per heavy atom. The van der Waals surface area contributed by atoms with Crippen LogP contribution in [0.25, 0.3) is 10.8 Å². The Morgan fingerprint density at radius 1 is 0.912 bits per heavy atom. The summed E-state index contributed by atoms with van der Waals surface area (Å²) >= 11 is 0. The summed E-state index contributed by atoms with van der Waals surface area (Å²) in [5, 5.41) is 5.02. The molecule has 0 spiro atoms. The van der Waals surface area contributed by atoms with Gasteiger partial charge in [-0.3, -0.25) is 9.59 Å². The topological polar surface area (TPSA) is 71.8 Å². The van der Waals surface area contributed by atoms with Gasteiger partial charge in [0.15, 0.2) is 6.61 Å². The fourth-order valence-electron chi connectivity index (χ4n) is 3.85. The van der Waals surface area contributed by atoms with Gasteiger partial charge < -0.3 is 19.4 Å². The Balaban J connectivity index is 1.28. The van der Waals surface area contributed by atoms with Crippen LogP contribution in [0.2, 0.25) is 0 Å². The second kappa shape index (κ2) is 9.83. The van der Waals surface area contributed by atoms with Crippen molar-refractivity contribution in [3.63, 3.8) is 0 Å². The molecule has 1 aromatic heterocycles. The molecule has 0 unspecified atom stereocenters. The first-order valence-electron chi connectivity index (χ1n) is 11.5. The SMILES string of the molecule is O=C(NC1CC1)c1ccc(CN(Cc2ccco2)C(=O)COc2cccc3ccccc23)cc1. The summed E-state index contributed by atoms with van der Waals surface area (Å²) in [6.45, 7) is 0.619. The van der Waals surface area contributed by atoms with Crippen molar-refractivity contribution in [3.8, 4) is 5.75 Å². The molecule has 0 bridgehead atoms. The van der Waals surface area contributed by atoms with E-state index in [1.165, 1.54) is 0 Å². The van der Waals surface area contributed by atoms with E-state index in [-0.39, 0.29) is 18.4 Å². The average molecular weight is 455 g/mol. The van der Waals surface area contributed by atoms with Crippen molar-refractivity contribution in [1.29, 1.82) is 0 Å². The molecule has 0 radical (unpaired) electrons. The van der Waals surface area contributed by atoms with Crippen molar-refractivity contribution in [2.45, 2.75) is 32.0 Å². The van der Waals surface area contributed by atoms with E-state index in [0.29, 0.717) is 36.2 Å². The summed E-state index contributed by atoms with van der Waals surface area (Å²) in [5.41, 5.74) is 1.55. The second-order valence-corrected chi connectivity index (χ2v) is 8.54. The lowest BCUT2D eigenvalue weighted by Gasteiger charge is -2.22. The van der Waals surface area contributed by atoms with Crippen LogP contribution in [-0.2, 0) is 17.9 Å². The van der Waals surface area contributed by atoms with Gasteiger partial charge in [-0.2, -0.15) is 0 Å². The number of nitrogens with one attached hydrogen (secondary N) is 1. The molecular formula is C28H26N2O4. The third kappa shape index (κ3) is 5.29. The second-order valence-electron chi connectivity index (χ2n) is 8.54. The molecule has 1 saturated carbocycles. The normalized spacial score (nSPS) is 12.9. The summed E-state index contributed by atoms with van der Waals surface area (Å²) in [6, 6.07) is 25.1. The van der Waals surface area contributed by atoms with E-state index in [1.807, 2.05) is 60.7 Å². The minimum atomic E-state index is -0.153. The van der Waals surface area contributed by atoms with E-state index in [9.17, 15) is 9.59 Å². The van der Waals surface area contributed by atoms with Crippen LogP contribution in [0.3, 0.4) is 0 Å². The zero-order valence-electron chi connectivity index (χ0n) is 18.8. The molecule has 3 aromatic carbocycles. The zero-order chi connectivity index (χ0) is 23.3. The Labute approximate surface area is 198 Å². The van der Waals surface area contributed by atoms with Gasteiger partial charge in [0, 0.05) is 23.5 Å². The highest BCUT2D eigenvalue weighted by Gasteiger charge is 2.24. The zero-order valence-corrected chi connectivity index (χ0v) is 18.8. The van der Waals surface area contributed by atoms with Gasteiger partial charge >= 0.3 is 0 Å². The summed E-state index contributed by atoms with van der Waals surface area (Å²) in [7, 11) is 0. The first kappa shape index (κ1) is 21.8. The molecule has 1 aliphatic rings. The van der Waals surface area contributed by atoms with Crippen molar-refractivity contribution in [2.24, 2.45) is 0 Å². The van der Waals surface area contributed by atoms with Crippen molar-refractivity contribution < 1.29 is 18.7 Å². The standard InChI is InChI=1S/C28H26N2O4/c31-27(19-34-26-9-3-6-21-5-1-2-8-25(21)26)30(18-24-7-4-16-33-24)17-20-10-12-22(13-11-20)28(32)29-23-14-15-23/h1-13,16,23H,14-15,17-19H2,(H,29,32). The molecule has 0 saturated heterocycles. The quantitative estimate of drug-likeness (QED) is 0.389. The molecule has 1 fully saturated rings. The molecule has 6 heteroatoms. The number of rotatable bonds is 9. The maximum Gasteiger partial charge on any atom is 0.261 e. The Bertz CT molecular complexity index is 1270. The number of amides is 2. The third-order valence-corrected chi connectivity index (χ3v) is 5.88. The van der Waals surface area contributed by atoms with Crippen LogP contribution in [-0.4, -0.2) is 29.4 Å². The van der Waals surface area contributed by atoms with Crippen LogP contribution in [0.15, 0.2) is 89.5 Å². The third-order valence-electron chi connectivity index (χ3n) is 5.88. The molecule has 1 N–H and O–H groups in total. The van der Waals surface area contributed by atoms with E-state index in [0.717, 1.165) is 29.2 Å². The first-order valence-corrected chi connectivity index (χ1v) is 11.5. The molecule has 0 aliphatic heterocycles. The van der Waals surface area contributed by atoms with Gasteiger partial charge in [-0.15, -0.1) is 0 Å². The number of hydrogen-bond acceptors (Lipinski definition) is 4. The largest absolute Gasteiger partial charge is 0.483 e. The summed E-state index contributed by atoms with van der Waals surface area (Å²) in [4.78, 5) is 27.1. The highest BCUT2D eigenvalue weighted by molar-refractivity contribution is 5.94. The molecule has 0 atom stereocenters. The monoisotopic (exact) mass is 454 g/mol. The number of carbonyl (C=O) groups is 2. The number of furan rings is 1. The van der Waals surface area contributed by atoms with E-state index in [1.54, 1.807) is 29.4 Å². The van der Waals surface area contributed by atoms with E-state index in [2.05, 4.69) is 5.32 Å². The Morgan fingerprint density at radius 3 is 2.47 bits per heavy atom. The fraction of sp³-hybridized carbons (Fsp3) is 0.214. The lowest BCUT2D eigenvalue weighted by molar-refractivity contribution is -0.134. The van der Waals surface area contributed by atoms with E-state index in [4.69, 9.17) is 9.15 Å². The molecule has 172 valence electrons. The van der Waals surface area contributed by atoms with Crippen LogP contribution in [0.1, 0.15) is 34.5 Å². The average Bonchev–Trinajstić information content (AvgIpc) is 3.53. The number of benzene rings is 3. The molecule has 1 aliphatic carbocycles. The molecule has 6 nitrogen and oxygen atoms in total. The maximum atomic E-state index is 13.2. The van der Waals surface area contributed by atoms with Crippen LogP contribution in [0.4, 0.5) is 0 Å². The van der Waals surface area contributed by atoms with Gasteiger partial charge in [0.05, 0.1) is 12.8 Å². The molecule has 34 heavy (non-hydrogen) atoms. The summed E-state index contributed by atoms with van der Waals surface area (Å²) in [5.74, 6) is 1.16. The fourth-order valence-corrected chi connectivity index (χ4v) is 3.85. The van der Waals surface area contributed by atoms with Gasteiger partial charge in [0.1, 0.15) is 11.5 Å². The van der Waals surface area contributed by atoms with Crippen molar-refractivity contribution >= 4 is 22.6 Å². The number of ether oxygens (including phenoxy) is 1. The summed E-state index contributed by atoms with van der Waals surface area (Å²) in [6.07, 6.45) is 3.70. The first-order chi connectivity index (χ1) is 16.7. The van der Waals surface area contributed by atoms with Gasteiger partial charge in [-0.25, -0.2) is 0 Å². The molecule has 1 heterocycles. The Hall–Kier alpha value is -4.06. The maximum absolute atomic E-state index is 13.2. The predicted molar refractivity (Wildman–Crippen MR) is 129 cm³/mol. The van der Waals surface area contributed by atoms with Crippen LogP contribution < -0.4 is 10.1 Å². The van der Waals surface area contributed by atoms with Crippen molar-refractivity contribution in [3.05, 3.63) is 102 Å². The number of nitrogens with zero attached hydrogens (tertiary/aromatic N) is 1. The van der Waals surface area contributed by atoms with Gasteiger partial charge in [0.25, 0.3) is 11.8 Å². The lowest BCUT2D eigenvalue weighted by Crippen LogP contribution is -2.34. The number of fused-ring (bicyclic) bond motifs is 1. The highest BCUT2D eigenvalue weighted by atomic mass is 16.5. The summed E-state index contributed by atoms with van der Waals surface area (Å²) < 4.78 is 11.4. The minimum Gasteiger partial charge on any atom is -0.483 e. The van der Waals surface area contributed by atoms with Gasteiger partial charge in [-0.1, -0.05) is 48.5 Å². The van der Waals surface area contributed by atoms with Crippen molar-refractivity contribution in [2.75, 3.05) is 6.61 Å². The van der Waals surface area contributed by atoms with Gasteiger partial charge in [0.2, 0.25) is 0 Å². The minimum absolute atomic E-state index is 0.0546. The van der Waals surface area contributed by atoms with Crippen LogP contribution >= 0.6 is 0 Å². The van der Waals surface area contributed by atoms with Crippen molar-refractivity contribution in [1.82, 2.24) is 10.2 Å². The van der Waals surface area contributed by atoms with Crippen LogP contribution in [0, 0.1) is 0 Å². The molecule has 2 amide bonds. The van der Waals surface area contributed by atoms with E-state index < -0.39 is 0 Å². The Kier molecular flexibility index (Phi) is 6.29. The molecular weight excluding hydrogens is 428 g/mol. The number of carbonyl (C=O) groups excluding carboxylic acids is 2. The number of hydrogen-bond donors (Lipinski definition) is 1. The van der Waals surface area contributed by atoms with Gasteiger partial charge in [-0.05, 0) is 54.1 Å². The van der Waals surface area contributed by atoms with E-state index >= 15 is 0 Å². The predicted octanol–water partition coefficient (Wildman–Crippen LogP) is 4.93. The van der Waals surface area contributed by atoms with Crippen LogP contribution in [0.5, 0.6) is 5.75 Å². The lowest BCUT2D eigenvalue weighted by atomic mass is 10.1. The highest BCUT2D eigenvalue weighted by Crippen LogP contribution is 2.25. The molecule has 4 aromatic rings.